The van der Waals surface area contributed by atoms with E-state index in [4.69, 9.17) is 52.1 Å². The smallest absolute Gasteiger partial charge is 0.393 e. The Morgan fingerprint density at radius 2 is 1.07 bits per heavy atom. The van der Waals surface area contributed by atoms with Crippen LogP contribution in [0.1, 0.15) is 75.1 Å². The lowest BCUT2D eigenvalue weighted by atomic mass is 9.79. The van der Waals surface area contributed by atoms with Crippen LogP contribution in [0.25, 0.3) is 20.4 Å². The first-order valence-corrected chi connectivity index (χ1v) is 24.7. The Bertz CT molecular complexity index is 2770. The van der Waals surface area contributed by atoms with Crippen molar-refractivity contribution in [2.24, 2.45) is 5.73 Å². The highest BCUT2D eigenvalue weighted by molar-refractivity contribution is 7.22. The third kappa shape index (κ3) is 12.2. The lowest BCUT2D eigenvalue weighted by Crippen LogP contribution is -2.44. The fraction of sp³-hybridized carbons (Fsp3) is 0.383. The van der Waals surface area contributed by atoms with Gasteiger partial charge in [-0.2, -0.15) is 26.3 Å². The molecular weight excluding hydrogens is 1030 g/mol. The number of carbonyl (C=O) groups excluding carboxylic acids is 3. The lowest BCUT2D eigenvalue weighted by Gasteiger charge is -2.32. The summed E-state index contributed by atoms with van der Waals surface area (Å²) in [7, 11) is 0. The number of hydrogen-bond donors (Lipinski definition) is 2. The zero-order valence-corrected chi connectivity index (χ0v) is 42.0. The molecule has 10 nitrogen and oxygen atoms in total. The van der Waals surface area contributed by atoms with Crippen molar-refractivity contribution >= 4 is 118 Å². The number of benzene rings is 4. The van der Waals surface area contributed by atoms with Crippen molar-refractivity contribution in [1.29, 1.82) is 0 Å². The number of nitrogens with two attached hydrogens (primary N) is 1. The van der Waals surface area contributed by atoms with Gasteiger partial charge in [0.15, 0.2) is 10.3 Å². The van der Waals surface area contributed by atoms with Gasteiger partial charge in [-0.1, -0.05) is 114 Å². The van der Waals surface area contributed by atoms with Crippen LogP contribution in [0.3, 0.4) is 0 Å². The van der Waals surface area contributed by atoms with Crippen molar-refractivity contribution in [3.8, 4) is 0 Å². The van der Waals surface area contributed by atoms with E-state index in [0.717, 1.165) is 26.0 Å². The summed E-state index contributed by atoms with van der Waals surface area (Å²) in [5, 5.41) is 4.66. The van der Waals surface area contributed by atoms with Gasteiger partial charge in [0.1, 0.15) is 10.8 Å². The van der Waals surface area contributed by atoms with Crippen molar-refractivity contribution in [2.45, 2.75) is 89.1 Å². The molecule has 3 N–H and O–H groups in total. The number of nitrogens with zero attached hydrogens (tertiary/aromatic N) is 4. The average Bonchev–Trinajstić information content (AvgIpc) is 4.12. The van der Waals surface area contributed by atoms with Crippen LogP contribution in [0.2, 0.25) is 20.1 Å². The molecule has 0 aliphatic carbocycles. The van der Waals surface area contributed by atoms with Gasteiger partial charge in [-0.3, -0.25) is 14.4 Å². The Labute approximate surface area is 422 Å². The number of rotatable bonds is 10. The summed E-state index contributed by atoms with van der Waals surface area (Å²) in [5.41, 5.74) is 5.06. The molecule has 22 heteroatoms. The molecule has 6 aromatic rings. The molecule has 2 aliphatic heterocycles. The van der Waals surface area contributed by atoms with E-state index in [1.165, 1.54) is 59.1 Å². The highest BCUT2D eigenvalue weighted by Gasteiger charge is 2.60. The van der Waals surface area contributed by atoms with Crippen molar-refractivity contribution in [3.05, 3.63) is 115 Å². The number of esters is 2. The number of hydrogen-bond acceptors (Lipinski definition) is 11. The van der Waals surface area contributed by atoms with Crippen LogP contribution in [0, 0.1) is 0 Å². The second kappa shape index (κ2) is 22.3. The molecule has 4 aromatic carbocycles. The van der Waals surface area contributed by atoms with E-state index in [-0.39, 0.29) is 89.0 Å². The lowest BCUT2D eigenvalue weighted by molar-refractivity contribution is -0.185. The Morgan fingerprint density at radius 3 is 1.45 bits per heavy atom. The second-order valence-corrected chi connectivity index (χ2v) is 19.9. The molecule has 4 heterocycles. The quantitative estimate of drug-likeness (QED) is 0.0782. The SMILES string of the molecule is CCC(=O)NCc1cccc2nc(N3CCC(c4cc(Cl)cc(Cl)c4)(C(F)(F)F)C3)sc12.CCC(=O)OC(=O)CC.NCc1cccc2nc(N3CCC(c4cc(Cl)cc(Cl)c4)(C(F)(F)F)C3)sc12. The van der Waals surface area contributed by atoms with Crippen molar-refractivity contribution in [3.63, 3.8) is 0 Å². The molecular formula is C47H46Cl4F6N6O4S2. The van der Waals surface area contributed by atoms with Gasteiger partial charge in [0.05, 0.1) is 20.4 Å². The third-order valence-corrected chi connectivity index (χ3v) is 15.1. The number of halogens is 10. The third-order valence-electron chi connectivity index (χ3n) is 11.8. The highest BCUT2D eigenvalue weighted by Crippen LogP contribution is 2.52. The molecule has 2 aliphatic rings. The molecule has 1 amide bonds. The predicted octanol–water partition coefficient (Wildman–Crippen LogP) is 13.0. The van der Waals surface area contributed by atoms with Crippen LogP contribution in [0.15, 0.2) is 72.8 Å². The first-order chi connectivity index (χ1) is 32.6. The summed E-state index contributed by atoms with van der Waals surface area (Å²) in [5.74, 6) is -0.981. The van der Waals surface area contributed by atoms with E-state index in [9.17, 15) is 40.7 Å². The molecule has 2 atom stereocenters. The molecule has 2 fully saturated rings. The molecule has 0 saturated carbocycles. The van der Waals surface area contributed by atoms with Gasteiger partial charge >= 0.3 is 24.3 Å². The minimum Gasteiger partial charge on any atom is -0.393 e. The van der Waals surface area contributed by atoms with E-state index in [0.29, 0.717) is 35.3 Å². The molecule has 2 aromatic heterocycles. The van der Waals surface area contributed by atoms with Crippen molar-refractivity contribution in [2.75, 3.05) is 36.0 Å². The number of aromatic nitrogens is 2. The summed E-state index contributed by atoms with van der Waals surface area (Å²) < 4.78 is 91.8. The second-order valence-electron chi connectivity index (χ2n) is 16.2. The van der Waals surface area contributed by atoms with Crippen LogP contribution in [0.4, 0.5) is 36.6 Å². The van der Waals surface area contributed by atoms with Crippen LogP contribution < -0.4 is 20.9 Å². The Hall–Kier alpha value is -4.43. The number of carbonyl (C=O) groups is 3. The van der Waals surface area contributed by atoms with Crippen molar-refractivity contribution in [1.82, 2.24) is 15.3 Å². The number of ether oxygens (including phenoxy) is 1. The maximum absolute atomic E-state index is 14.4. The predicted molar refractivity (Wildman–Crippen MR) is 263 cm³/mol. The monoisotopic (exact) mass is 1080 g/mol. The van der Waals surface area contributed by atoms with Gasteiger partial charge in [0, 0.05) is 78.6 Å². The maximum atomic E-state index is 14.4. The molecule has 8 rings (SSSR count). The number of anilines is 2. The first-order valence-electron chi connectivity index (χ1n) is 21.6. The fourth-order valence-corrected chi connectivity index (χ4v) is 11.3. The average molecular weight is 1080 g/mol. The van der Waals surface area contributed by atoms with Gasteiger partial charge in [0.25, 0.3) is 0 Å². The first kappa shape index (κ1) is 53.9. The molecule has 0 radical (unpaired) electrons. The van der Waals surface area contributed by atoms with E-state index < -0.39 is 35.1 Å². The molecule has 2 saturated heterocycles. The zero-order chi connectivity index (χ0) is 50.5. The summed E-state index contributed by atoms with van der Waals surface area (Å²) in [4.78, 5) is 44.8. The van der Waals surface area contributed by atoms with Crippen molar-refractivity contribution < 1.29 is 45.5 Å². The summed E-state index contributed by atoms with van der Waals surface area (Å²) in [6.07, 6.45) is -8.26. The Balaban J connectivity index is 0.000000194. The minimum atomic E-state index is -4.48. The molecule has 370 valence electrons. The van der Waals surface area contributed by atoms with E-state index >= 15 is 0 Å². The number of fused-ring (bicyclic) bond motifs is 2. The zero-order valence-electron chi connectivity index (χ0n) is 37.3. The van der Waals surface area contributed by atoms with Crippen LogP contribution in [-0.4, -0.2) is 66.3 Å². The molecule has 0 spiro atoms. The Morgan fingerprint density at radius 1 is 0.667 bits per heavy atom. The number of amides is 1. The summed E-state index contributed by atoms with van der Waals surface area (Å²) in [6, 6.07) is 19.4. The molecule has 2 unspecified atom stereocenters. The van der Waals surface area contributed by atoms with E-state index in [2.05, 4.69) is 20.0 Å². The highest BCUT2D eigenvalue weighted by atomic mass is 35.5. The van der Waals surface area contributed by atoms with E-state index in [1.807, 2.05) is 36.4 Å². The van der Waals surface area contributed by atoms with Gasteiger partial charge in [-0.15, -0.1) is 0 Å². The fourth-order valence-electron chi connectivity index (χ4n) is 8.02. The van der Waals surface area contributed by atoms with Crippen LogP contribution >= 0.6 is 69.1 Å². The summed E-state index contributed by atoms with van der Waals surface area (Å²) >= 11 is 26.7. The van der Waals surface area contributed by atoms with Gasteiger partial charge in [-0.25, -0.2) is 9.97 Å². The standard InChI is InChI=1S/C22H20Cl2F3N3OS.C19H16Cl2F3N3S.C6H10O3/c1-2-18(31)28-11-13-4-3-5-17-19(13)32-20(29-17)30-7-6-21(12-30,22(25,26)27)14-8-15(23)10-16(24)9-14;20-13-6-12(7-14(21)8-13)18(19(22,23)24)4-5-27(10-18)17-26-15-3-1-2-11(9-25)16(15)28-17;1-3-5(7)9-6(8)4-2/h3-5,8-10H,2,6-7,11-12H2,1H3,(H,28,31);1-3,6-8H,4-5,9-10,25H2;3-4H2,1-2H3. The molecule has 0 bridgehead atoms. The van der Waals surface area contributed by atoms with E-state index in [1.54, 1.807) is 30.6 Å². The van der Waals surface area contributed by atoms with Gasteiger partial charge in [-0.05, 0) is 83.6 Å². The Kier molecular flexibility index (Phi) is 17.4. The number of alkyl halides is 6. The topological polar surface area (TPSA) is 131 Å². The number of nitrogens with one attached hydrogen (secondary N) is 1. The van der Waals surface area contributed by atoms with Crippen LogP contribution in [-0.2, 0) is 43.0 Å². The van der Waals surface area contributed by atoms with Gasteiger partial charge < -0.3 is 25.6 Å². The largest absolute Gasteiger partial charge is 0.400 e. The van der Waals surface area contributed by atoms with Crippen LogP contribution in [0.5, 0.6) is 0 Å². The minimum absolute atomic E-state index is 0.0640. The maximum Gasteiger partial charge on any atom is 0.400 e. The summed E-state index contributed by atoms with van der Waals surface area (Å²) in [6.45, 7) is 5.70. The molecule has 69 heavy (non-hydrogen) atoms. The number of thiazole rings is 2. The normalized spacial score (nSPS) is 18.2. The van der Waals surface area contributed by atoms with Gasteiger partial charge in [0.2, 0.25) is 5.91 Å².